The molecule has 0 radical (unpaired) electrons. The number of nitrogens with zero attached hydrogens (tertiary/aromatic N) is 4. The summed E-state index contributed by atoms with van der Waals surface area (Å²) in [7, 11) is 2.14. The fourth-order valence-electron chi connectivity index (χ4n) is 4.11. The van der Waals surface area contributed by atoms with Crippen molar-refractivity contribution in [2.75, 3.05) is 36.5 Å². The lowest BCUT2D eigenvalue weighted by Crippen LogP contribution is -2.43. The summed E-state index contributed by atoms with van der Waals surface area (Å²) in [4.78, 5) is 25.8. The summed E-state index contributed by atoms with van der Waals surface area (Å²) in [6.07, 6.45) is 7.72. The monoisotopic (exact) mass is 365 g/mol. The second-order valence-electron chi connectivity index (χ2n) is 7.54. The molecule has 1 fully saturated rings. The van der Waals surface area contributed by atoms with Crippen molar-refractivity contribution >= 4 is 17.5 Å². The minimum Gasteiger partial charge on any atom is -0.374 e. The summed E-state index contributed by atoms with van der Waals surface area (Å²) in [5.41, 5.74) is 3.89. The largest absolute Gasteiger partial charge is 0.374 e. The van der Waals surface area contributed by atoms with Crippen molar-refractivity contribution in [2.24, 2.45) is 5.92 Å². The summed E-state index contributed by atoms with van der Waals surface area (Å²) in [5.74, 6) is 0.839. The summed E-state index contributed by atoms with van der Waals surface area (Å²) in [6.45, 7) is 3.30. The molecule has 4 rings (SSSR count). The topological polar surface area (TPSA) is 61.4 Å². The third kappa shape index (κ3) is 4.04. The number of piperidine rings is 1. The molecule has 6 heteroatoms. The minimum absolute atomic E-state index is 0.00804. The first-order valence-electron chi connectivity index (χ1n) is 9.83. The van der Waals surface area contributed by atoms with Crippen LogP contribution in [0, 0.1) is 5.92 Å². The van der Waals surface area contributed by atoms with E-state index in [1.54, 1.807) is 12.4 Å². The highest BCUT2D eigenvalue weighted by Crippen LogP contribution is 2.27. The Kier molecular flexibility index (Phi) is 5.23. The van der Waals surface area contributed by atoms with Crippen LogP contribution in [0.25, 0.3) is 0 Å². The Hall–Kier alpha value is -2.63. The van der Waals surface area contributed by atoms with Gasteiger partial charge in [-0.2, -0.15) is 0 Å². The van der Waals surface area contributed by atoms with Crippen molar-refractivity contribution in [3.63, 3.8) is 0 Å². The quantitative estimate of drug-likeness (QED) is 0.901. The first-order valence-corrected chi connectivity index (χ1v) is 9.83. The van der Waals surface area contributed by atoms with E-state index < -0.39 is 0 Å². The van der Waals surface area contributed by atoms with Gasteiger partial charge in [0.25, 0.3) is 0 Å². The van der Waals surface area contributed by atoms with Crippen LogP contribution >= 0.6 is 0 Å². The number of rotatable bonds is 4. The molecule has 2 aromatic rings. The Morgan fingerprint density at radius 3 is 2.93 bits per heavy atom. The molecule has 1 aromatic heterocycles. The van der Waals surface area contributed by atoms with E-state index in [-0.39, 0.29) is 11.8 Å². The van der Waals surface area contributed by atoms with E-state index in [4.69, 9.17) is 0 Å². The SMILES string of the molecule is CN1CCCc2cc(CNC(=O)[C@@H]3CCCN(c4ncccn4)C3)ccc21. The van der Waals surface area contributed by atoms with Crippen molar-refractivity contribution in [1.29, 1.82) is 0 Å². The molecule has 0 unspecified atom stereocenters. The number of carbonyl (C=O) groups excluding carboxylic acids is 1. The molecule has 1 atom stereocenters. The number of fused-ring (bicyclic) bond motifs is 1. The molecule has 2 aliphatic heterocycles. The summed E-state index contributed by atoms with van der Waals surface area (Å²) in [6, 6.07) is 8.38. The van der Waals surface area contributed by atoms with Crippen molar-refractivity contribution < 1.29 is 4.79 Å². The van der Waals surface area contributed by atoms with Crippen molar-refractivity contribution in [3.05, 3.63) is 47.8 Å². The van der Waals surface area contributed by atoms with Gasteiger partial charge in [0.2, 0.25) is 11.9 Å². The Morgan fingerprint density at radius 1 is 1.22 bits per heavy atom. The zero-order valence-electron chi connectivity index (χ0n) is 15.9. The van der Waals surface area contributed by atoms with E-state index in [1.165, 1.54) is 23.2 Å². The van der Waals surface area contributed by atoms with Gasteiger partial charge < -0.3 is 15.1 Å². The van der Waals surface area contributed by atoms with Gasteiger partial charge in [-0.25, -0.2) is 9.97 Å². The Labute approximate surface area is 160 Å². The molecular formula is C21H27N5O. The number of amides is 1. The maximum Gasteiger partial charge on any atom is 0.225 e. The summed E-state index contributed by atoms with van der Waals surface area (Å²) >= 11 is 0. The fraction of sp³-hybridized carbons (Fsp3) is 0.476. The van der Waals surface area contributed by atoms with Gasteiger partial charge in [-0.15, -0.1) is 0 Å². The molecule has 1 saturated heterocycles. The van der Waals surface area contributed by atoms with Gasteiger partial charge >= 0.3 is 0 Å². The smallest absolute Gasteiger partial charge is 0.225 e. The maximum atomic E-state index is 12.7. The molecule has 3 heterocycles. The van der Waals surface area contributed by atoms with E-state index in [9.17, 15) is 4.79 Å². The molecule has 0 bridgehead atoms. The Balaban J connectivity index is 1.35. The first-order chi connectivity index (χ1) is 13.2. The third-order valence-electron chi connectivity index (χ3n) is 5.59. The number of aromatic nitrogens is 2. The van der Waals surface area contributed by atoms with Crippen LogP contribution in [0.1, 0.15) is 30.4 Å². The van der Waals surface area contributed by atoms with Crippen molar-refractivity contribution in [1.82, 2.24) is 15.3 Å². The number of hydrogen-bond acceptors (Lipinski definition) is 5. The molecule has 0 saturated carbocycles. The molecule has 142 valence electrons. The normalized spacial score (nSPS) is 19.5. The number of hydrogen-bond donors (Lipinski definition) is 1. The van der Waals surface area contributed by atoms with Gasteiger partial charge in [0, 0.05) is 51.3 Å². The van der Waals surface area contributed by atoms with E-state index >= 15 is 0 Å². The van der Waals surface area contributed by atoms with Crippen LogP contribution in [0.3, 0.4) is 0 Å². The predicted octanol–water partition coefficient (Wildman–Crippen LogP) is 2.39. The Morgan fingerprint density at radius 2 is 2.07 bits per heavy atom. The molecule has 0 spiro atoms. The van der Waals surface area contributed by atoms with Crippen LogP contribution in [0.15, 0.2) is 36.7 Å². The van der Waals surface area contributed by atoms with Crippen LogP contribution in [0.5, 0.6) is 0 Å². The summed E-state index contributed by atoms with van der Waals surface area (Å²) < 4.78 is 0. The van der Waals surface area contributed by atoms with E-state index in [0.29, 0.717) is 19.0 Å². The average Bonchev–Trinajstić information content (AvgIpc) is 2.73. The molecule has 2 aliphatic rings. The second-order valence-corrected chi connectivity index (χ2v) is 7.54. The van der Waals surface area contributed by atoms with Crippen molar-refractivity contribution in [3.8, 4) is 0 Å². The summed E-state index contributed by atoms with van der Waals surface area (Å²) in [5, 5.41) is 3.14. The highest BCUT2D eigenvalue weighted by atomic mass is 16.1. The number of anilines is 2. The lowest BCUT2D eigenvalue weighted by atomic mass is 9.97. The second kappa shape index (κ2) is 7.94. The zero-order chi connectivity index (χ0) is 18.6. The standard InChI is InChI=1S/C21H27N5O/c1-25-11-2-5-17-13-16(7-8-19(17)25)14-24-20(27)18-6-3-12-26(15-18)21-22-9-4-10-23-21/h4,7-10,13,18H,2-3,5-6,11-12,14-15H2,1H3,(H,24,27)/t18-/m1/s1. The fourth-order valence-corrected chi connectivity index (χ4v) is 4.11. The van der Waals surface area contributed by atoms with Gasteiger partial charge in [-0.3, -0.25) is 4.79 Å². The van der Waals surface area contributed by atoms with Crippen LogP contribution < -0.4 is 15.1 Å². The van der Waals surface area contributed by atoms with Crippen molar-refractivity contribution in [2.45, 2.75) is 32.2 Å². The van der Waals surface area contributed by atoms with Gasteiger partial charge in [0.1, 0.15) is 0 Å². The third-order valence-corrected chi connectivity index (χ3v) is 5.59. The zero-order valence-corrected chi connectivity index (χ0v) is 15.9. The maximum absolute atomic E-state index is 12.7. The number of nitrogens with one attached hydrogen (secondary N) is 1. The first kappa shape index (κ1) is 17.8. The lowest BCUT2D eigenvalue weighted by molar-refractivity contribution is -0.125. The van der Waals surface area contributed by atoms with Crippen LogP contribution in [0.4, 0.5) is 11.6 Å². The molecule has 1 N–H and O–H groups in total. The van der Waals surface area contributed by atoms with Crippen LogP contribution in [-0.2, 0) is 17.8 Å². The molecule has 1 amide bonds. The van der Waals surface area contributed by atoms with Gasteiger partial charge in [-0.05, 0) is 48.9 Å². The predicted molar refractivity (Wildman–Crippen MR) is 107 cm³/mol. The number of carbonyl (C=O) groups is 1. The minimum atomic E-state index is -0.00804. The van der Waals surface area contributed by atoms with Gasteiger partial charge in [-0.1, -0.05) is 12.1 Å². The van der Waals surface area contributed by atoms with Gasteiger partial charge in [0.15, 0.2) is 0 Å². The molecular weight excluding hydrogens is 338 g/mol. The number of aryl methyl sites for hydroxylation is 1. The molecule has 27 heavy (non-hydrogen) atoms. The van der Waals surface area contributed by atoms with E-state index in [2.05, 4.69) is 50.3 Å². The van der Waals surface area contributed by atoms with Crippen LogP contribution in [0.2, 0.25) is 0 Å². The average molecular weight is 365 g/mol. The van der Waals surface area contributed by atoms with Gasteiger partial charge in [0.05, 0.1) is 5.92 Å². The highest BCUT2D eigenvalue weighted by Gasteiger charge is 2.27. The van der Waals surface area contributed by atoms with E-state index in [0.717, 1.165) is 32.4 Å². The van der Waals surface area contributed by atoms with E-state index in [1.807, 2.05) is 6.07 Å². The lowest BCUT2D eigenvalue weighted by Gasteiger charge is -2.32. The number of benzene rings is 1. The molecule has 0 aliphatic carbocycles. The molecule has 6 nitrogen and oxygen atoms in total. The molecule has 1 aromatic carbocycles. The van der Waals surface area contributed by atoms with Crippen LogP contribution in [-0.4, -0.2) is 42.6 Å². The highest BCUT2D eigenvalue weighted by molar-refractivity contribution is 5.79. The Bertz CT molecular complexity index is 794.